The van der Waals surface area contributed by atoms with Crippen LogP contribution < -0.4 is 4.74 Å². The summed E-state index contributed by atoms with van der Waals surface area (Å²) in [5.41, 5.74) is 0.748. The Morgan fingerprint density at radius 1 is 1.41 bits per heavy atom. The van der Waals surface area contributed by atoms with Gasteiger partial charge in [0.1, 0.15) is 11.5 Å². The van der Waals surface area contributed by atoms with E-state index in [4.69, 9.17) is 9.47 Å². The average Bonchev–Trinajstić information content (AvgIpc) is 2.34. The predicted octanol–water partition coefficient (Wildman–Crippen LogP) is 2.58. The minimum absolute atomic E-state index is 0.0428. The van der Waals surface area contributed by atoms with Gasteiger partial charge in [0, 0.05) is 6.42 Å². The van der Waals surface area contributed by atoms with Crippen LogP contribution in [0.3, 0.4) is 0 Å². The molecule has 0 spiro atoms. The summed E-state index contributed by atoms with van der Waals surface area (Å²) in [6, 6.07) is 7.79. The van der Waals surface area contributed by atoms with Crippen LogP contribution in [-0.2, 0) is 16.1 Å². The van der Waals surface area contributed by atoms with Crippen LogP contribution in [0.15, 0.2) is 24.3 Å². The quantitative estimate of drug-likeness (QED) is 0.803. The molecule has 0 radical (unpaired) electrons. The summed E-state index contributed by atoms with van der Waals surface area (Å²) in [6.07, 6.45) is 0.581. The molecule has 1 fully saturated rings. The lowest BCUT2D eigenvalue weighted by atomic mass is 9.68. The SMILES string of the molecule is COc1cccc(COC2CC(=O)C2(C)C)c1. The van der Waals surface area contributed by atoms with Gasteiger partial charge in [-0.15, -0.1) is 0 Å². The van der Waals surface area contributed by atoms with Crippen molar-refractivity contribution in [2.45, 2.75) is 33.0 Å². The number of carbonyl (C=O) groups excluding carboxylic acids is 1. The summed E-state index contributed by atoms with van der Waals surface area (Å²) in [5, 5.41) is 0. The van der Waals surface area contributed by atoms with Gasteiger partial charge in [-0.05, 0) is 17.7 Å². The largest absolute Gasteiger partial charge is 0.497 e. The molecule has 1 aromatic carbocycles. The van der Waals surface area contributed by atoms with Crippen molar-refractivity contribution in [3.63, 3.8) is 0 Å². The van der Waals surface area contributed by atoms with Crippen molar-refractivity contribution in [1.29, 1.82) is 0 Å². The highest BCUT2D eigenvalue weighted by Crippen LogP contribution is 2.39. The molecule has 0 aromatic heterocycles. The molecule has 1 aromatic rings. The number of ketones is 1. The topological polar surface area (TPSA) is 35.5 Å². The van der Waals surface area contributed by atoms with Gasteiger partial charge in [-0.1, -0.05) is 26.0 Å². The van der Waals surface area contributed by atoms with Crippen molar-refractivity contribution in [3.8, 4) is 5.75 Å². The first-order valence-corrected chi connectivity index (χ1v) is 5.82. The highest BCUT2D eigenvalue weighted by Gasteiger charge is 2.48. The van der Waals surface area contributed by atoms with Crippen LogP contribution >= 0.6 is 0 Å². The second-order valence-electron chi connectivity index (χ2n) is 5.00. The van der Waals surface area contributed by atoms with Gasteiger partial charge in [-0.25, -0.2) is 0 Å². The van der Waals surface area contributed by atoms with Gasteiger partial charge in [0.2, 0.25) is 0 Å². The van der Waals surface area contributed by atoms with E-state index in [9.17, 15) is 4.79 Å². The Bertz CT molecular complexity index is 423. The van der Waals surface area contributed by atoms with Gasteiger partial charge in [0.05, 0.1) is 25.2 Å². The number of ether oxygens (including phenoxy) is 2. The van der Waals surface area contributed by atoms with Gasteiger partial charge in [-0.2, -0.15) is 0 Å². The van der Waals surface area contributed by atoms with Gasteiger partial charge in [0.15, 0.2) is 0 Å². The summed E-state index contributed by atoms with van der Waals surface area (Å²) in [5.74, 6) is 1.11. The second kappa shape index (κ2) is 4.49. The molecule has 1 aliphatic rings. The lowest BCUT2D eigenvalue weighted by Gasteiger charge is -2.41. The molecule has 1 aliphatic carbocycles. The van der Waals surface area contributed by atoms with E-state index in [0.717, 1.165) is 11.3 Å². The normalized spacial score (nSPS) is 22.1. The molecule has 0 saturated heterocycles. The predicted molar refractivity (Wildman–Crippen MR) is 65.0 cm³/mol. The Morgan fingerprint density at radius 3 is 2.76 bits per heavy atom. The maximum Gasteiger partial charge on any atom is 0.143 e. The summed E-state index contributed by atoms with van der Waals surface area (Å²) in [6.45, 7) is 4.41. The van der Waals surface area contributed by atoms with Crippen LogP contribution in [0.5, 0.6) is 5.75 Å². The molecule has 1 saturated carbocycles. The van der Waals surface area contributed by atoms with Crippen LogP contribution in [0.25, 0.3) is 0 Å². The number of hydrogen-bond acceptors (Lipinski definition) is 3. The Morgan fingerprint density at radius 2 is 2.18 bits per heavy atom. The third kappa shape index (κ3) is 2.34. The number of hydrogen-bond donors (Lipinski definition) is 0. The van der Waals surface area contributed by atoms with Crippen molar-refractivity contribution < 1.29 is 14.3 Å². The highest BCUT2D eigenvalue weighted by atomic mass is 16.5. The van der Waals surface area contributed by atoms with Crippen molar-refractivity contribution in [2.75, 3.05) is 7.11 Å². The van der Waals surface area contributed by atoms with Gasteiger partial charge < -0.3 is 9.47 Å². The zero-order chi connectivity index (χ0) is 12.5. The Kier molecular flexibility index (Phi) is 3.20. The van der Waals surface area contributed by atoms with E-state index in [-0.39, 0.29) is 17.3 Å². The third-order valence-corrected chi connectivity index (χ3v) is 3.48. The van der Waals surface area contributed by atoms with E-state index in [0.29, 0.717) is 13.0 Å². The molecule has 17 heavy (non-hydrogen) atoms. The highest BCUT2D eigenvalue weighted by molar-refractivity contribution is 5.91. The first-order chi connectivity index (χ1) is 8.04. The molecule has 2 rings (SSSR count). The molecule has 0 bridgehead atoms. The Labute approximate surface area is 102 Å². The molecule has 0 N–H and O–H groups in total. The summed E-state index contributed by atoms with van der Waals surface area (Å²) in [4.78, 5) is 11.4. The lowest BCUT2D eigenvalue weighted by Crippen LogP contribution is -2.51. The monoisotopic (exact) mass is 234 g/mol. The van der Waals surface area contributed by atoms with Crippen LogP contribution in [0, 0.1) is 5.41 Å². The number of Topliss-reactive ketones (excluding diaryl/α,β-unsaturated/α-hetero) is 1. The zero-order valence-corrected chi connectivity index (χ0v) is 10.5. The van der Waals surface area contributed by atoms with E-state index < -0.39 is 0 Å². The number of rotatable bonds is 4. The van der Waals surface area contributed by atoms with E-state index >= 15 is 0 Å². The molecule has 0 aliphatic heterocycles. The number of carbonyl (C=O) groups is 1. The fourth-order valence-corrected chi connectivity index (χ4v) is 1.96. The van der Waals surface area contributed by atoms with Crippen molar-refractivity contribution in [1.82, 2.24) is 0 Å². The molecule has 3 nitrogen and oxygen atoms in total. The van der Waals surface area contributed by atoms with Crippen LogP contribution in [-0.4, -0.2) is 19.0 Å². The molecule has 1 unspecified atom stereocenters. The van der Waals surface area contributed by atoms with Gasteiger partial charge in [-0.3, -0.25) is 4.79 Å². The third-order valence-electron chi connectivity index (χ3n) is 3.48. The van der Waals surface area contributed by atoms with E-state index in [1.165, 1.54) is 0 Å². The number of methoxy groups -OCH3 is 1. The van der Waals surface area contributed by atoms with Crippen LogP contribution in [0.4, 0.5) is 0 Å². The molecule has 3 heteroatoms. The maximum absolute atomic E-state index is 11.4. The molecule has 0 heterocycles. The molecule has 92 valence electrons. The van der Waals surface area contributed by atoms with Crippen molar-refractivity contribution in [3.05, 3.63) is 29.8 Å². The fourth-order valence-electron chi connectivity index (χ4n) is 1.96. The van der Waals surface area contributed by atoms with Gasteiger partial charge >= 0.3 is 0 Å². The standard InChI is InChI=1S/C14H18O3/c1-14(2)12(15)8-13(14)17-9-10-5-4-6-11(7-10)16-3/h4-7,13H,8-9H2,1-3H3. The smallest absolute Gasteiger partial charge is 0.143 e. The average molecular weight is 234 g/mol. The molecular weight excluding hydrogens is 216 g/mol. The molecule has 0 amide bonds. The maximum atomic E-state index is 11.4. The van der Waals surface area contributed by atoms with Crippen LogP contribution in [0.1, 0.15) is 25.8 Å². The van der Waals surface area contributed by atoms with Crippen LogP contribution in [0.2, 0.25) is 0 Å². The zero-order valence-electron chi connectivity index (χ0n) is 10.5. The molecule has 1 atom stereocenters. The second-order valence-corrected chi connectivity index (χ2v) is 5.00. The molecular formula is C14H18O3. The van der Waals surface area contributed by atoms with Gasteiger partial charge in [0.25, 0.3) is 0 Å². The summed E-state index contributed by atoms with van der Waals surface area (Å²) in [7, 11) is 1.65. The fraction of sp³-hybridized carbons (Fsp3) is 0.500. The van der Waals surface area contributed by atoms with Crippen molar-refractivity contribution in [2.24, 2.45) is 5.41 Å². The minimum Gasteiger partial charge on any atom is -0.497 e. The number of benzene rings is 1. The van der Waals surface area contributed by atoms with E-state index in [1.54, 1.807) is 7.11 Å². The van der Waals surface area contributed by atoms with Crippen molar-refractivity contribution >= 4 is 5.78 Å². The first-order valence-electron chi connectivity index (χ1n) is 5.82. The lowest BCUT2D eigenvalue weighted by molar-refractivity contribution is -0.159. The Hall–Kier alpha value is -1.35. The Balaban J connectivity index is 1.92. The first kappa shape index (κ1) is 12.1. The summed E-state index contributed by atoms with van der Waals surface area (Å²) >= 11 is 0. The van der Waals surface area contributed by atoms with E-state index in [2.05, 4.69) is 0 Å². The summed E-state index contributed by atoms with van der Waals surface area (Å²) < 4.78 is 10.9. The minimum atomic E-state index is -0.321. The van der Waals surface area contributed by atoms with E-state index in [1.807, 2.05) is 38.1 Å².